The Morgan fingerprint density at radius 2 is 2.04 bits per heavy atom. The highest BCUT2D eigenvalue weighted by Gasteiger charge is 2.31. The fraction of sp³-hybridized carbons (Fsp3) is 0.273. The van der Waals surface area contributed by atoms with Crippen molar-refractivity contribution in [3.05, 3.63) is 65.2 Å². The molecule has 27 heavy (non-hydrogen) atoms. The minimum Gasteiger partial charge on any atom is -0.497 e. The molecule has 2 aromatic rings. The van der Waals surface area contributed by atoms with Crippen LogP contribution in [0.4, 0.5) is 0 Å². The molecule has 0 saturated carbocycles. The molecule has 0 radical (unpaired) electrons. The molecule has 0 spiro atoms. The molecule has 5 nitrogen and oxygen atoms in total. The zero-order valence-electron chi connectivity index (χ0n) is 15.5. The van der Waals surface area contributed by atoms with Crippen LogP contribution in [0.2, 0.25) is 0 Å². The first kappa shape index (κ1) is 18.5. The second-order valence-corrected chi connectivity index (χ2v) is 6.33. The van der Waals surface area contributed by atoms with Gasteiger partial charge in [0.05, 0.1) is 31.9 Å². The number of likely N-dealkylation sites (tertiary alicyclic amines) is 1. The van der Waals surface area contributed by atoms with Crippen LogP contribution in [0, 0.1) is 11.3 Å². The highest BCUT2D eigenvalue weighted by Crippen LogP contribution is 2.38. The molecule has 0 N–H and O–H groups in total. The summed E-state index contributed by atoms with van der Waals surface area (Å²) in [6.07, 6.45) is 5.08. The summed E-state index contributed by atoms with van der Waals surface area (Å²) >= 11 is 0. The first-order chi connectivity index (χ1) is 13.2. The summed E-state index contributed by atoms with van der Waals surface area (Å²) in [6.45, 7) is 0.697. The van der Waals surface area contributed by atoms with E-state index in [-0.39, 0.29) is 11.9 Å². The van der Waals surface area contributed by atoms with Gasteiger partial charge in [-0.1, -0.05) is 18.2 Å². The van der Waals surface area contributed by atoms with Crippen molar-refractivity contribution in [1.29, 1.82) is 5.26 Å². The summed E-state index contributed by atoms with van der Waals surface area (Å²) in [5.74, 6) is 1.38. The van der Waals surface area contributed by atoms with Crippen molar-refractivity contribution in [1.82, 2.24) is 4.90 Å². The van der Waals surface area contributed by atoms with Gasteiger partial charge < -0.3 is 14.4 Å². The number of carbonyl (C=O) groups is 1. The van der Waals surface area contributed by atoms with Crippen LogP contribution >= 0.6 is 0 Å². The second-order valence-electron chi connectivity index (χ2n) is 6.33. The molecule has 138 valence electrons. The number of hydrogen-bond donors (Lipinski definition) is 0. The molecule has 5 heteroatoms. The van der Waals surface area contributed by atoms with E-state index in [1.54, 1.807) is 32.4 Å². The smallest absolute Gasteiger partial charge is 0.247 e. The molecule has 0 aliphatic carbocycles. The summed E-state index contributed by atoms with van der Waals surface area (Å²) in [4.78, 5) is 14.7. The number of benzene rings is 2. The van der Waals surface area contributed by atoms with Gasteiger partial charge in [-0.2, -0.15) is 5.26 Å². The van der Waals surface area contributed by atoms with Crippen LogP contribution in [0.5, 0.6) is 11.5 Å². The van der Waals surface area contributed by atoms with Crippen molar-refractivity contribution in [3.8, 4) is 17.6 Å². The third kappa shape index (κ3) is 3.95. The highest BCUT2D eigenvalue weighted by atomic mass is 16.5. The van der Waals surface area contributed by atoms with Crippen LogP contribution in [0.1, 0.15) is 35.6 Å². The van der Waals surface area contributed by atoms with Crippen molar-refractivity contribution in [2.75, 3.05) is 20.8 Å². The SMILES string of the molecule is COc1ccc([C@H]2CCCN2C(=O)/C=C/c2ccccc2C#N)c(OC)c1. The monoisotopic (exact) mass is 362 g/mol. The minimum atomic E-state index is -0.0666. The van der Waals surface area contributed by atoms with Gasteiger partial charge in [0.25, 0.3) is 0 Å². The molecule has 1 aliphatic rings. The number of rotatable bonds is 5. The van der Waals surface area contributed by atoms with Crippen LogP contribution in [0.25, 0.3) is 6.08 Å². The Balaban J connectivity index is 1.83. The first-order valence-electron chi connectivity index (χ1n) is 8.87. The molecular formula is C22H22N2O3. The molecule has 1 aliphatic heterocycles. The molecule has 0 aromatic heterocycles. The number of methoxy groups -OCH3 is 2. The summed E-state index contributed by atoms with van der Waals surface area (Å²) in [7, 11) is 3.24. The van der Waals surface area contributed by atoms with Crippen LogP contribution in [0.15, 0.2) is 48.5 Å². The van der Waals surface area contributed by atoms with Crippen molar-refractivity contribution in [2.24, 2.45) is 0 Å². The molecule has 1 amide bonds. The minimum absolute atomic E-state index is 0.0331. The molecule has 3 rings (SSSR count). The maximum Gasteiger partial charge on any atom is 0.247 e. The third-order valence-corrected chi connectivity index (χ3v) is 4.82. The van der Waals surface area contributed by atoms with E-state index >= 15 is 0 Å². The summed E-state index contributed by atoms with van der Waals surface area (Å²) in [6, 6.07) is 15.0. The van der Waals surface area contributed by atoms with Crippen molar-refractivity contribution in [3.63, 3.8) is 0 Å². The molecular weight excluding hydrogens is 340 g/mol. The van der Waals surface area contributed by atoms with Gasteiger partial charge in [0.2, 0.25) is 5.91 Å². The second kappa shape index (κ2) is 8.41. The predicted octanol–water partition coefficient (Wildman–Crippen LogP) is 3.95. The average molecular weight is 362 g/mol. The van der Waals surface area contributed by atoms with Crippen LogP contribution < -0.4 is 9.47 Å². The van der Waals surface area contributed by atoms with Gasteiger partial charge in [0.1, 0.15) is 11.5 Å². The van der Waals surface area contributed by atoms with Gasteiger partial charge in [-0.3, -0.25) is 4.79 Å². The number of ether oxygens (including phenoxy) is 2. The van der Waals surface area contributed by atoms with Crippen LogP contribution in [0.3, 0.4) is 0 Å². The van der Waals surface area contributed by atoms with Crippen molar-refractivity contribution in [2.45, 2.75) is 18.9 Å². The normalized spacial score (nSPS) is 16.3. The Morgan fingerprint density at radius 1 is 1.22 bits per heavy atom. The lowest BCUT2D eigenvalue weighted by Gasteiger charge is -2.25. The Kier molecular flexibility index (Phi) is 5.77. The first-order valence-corrected chi connectivity index (χ1v) is 8.87. The predicted molar refractivity (Wildman–Crippen MR) is 103 cm³/mol. The van der Waals surface area contributed by atoms with E-state index in [9.17, 15) is 10.1 Å². The van der Waals surface area contributed by atoms with Gasteiger partial charge in [-0.15, -0.1) is 0 Å². The highest BCUT2D eigenvalue weighted by molar-refractivity contribution is 5.92. The quantitative estimate of drug-likeness (QED) is 0.756. The van der Waals surface area contributed by atoms with E-state index < -0.39 is 0 Å². The summed E-state index contributed by atoms with van der Waals surface area (Å²) in [5.41, 5.74) is 2.28. The fourth-order valence-corrected chi connectivity index (χ4v) is 3.45. The molecule has 1 saturated heterocycles. The molecule has 2 aromatic carbocycles. The molecule has 0 bridgehead atoms. The van der Waals surface area contributed by atoms with E-state index in [4.69, 9.17) is 9.47 Å². The Morgan fingerprint density at radius 3 is 2.78 bits per heavy atom. The molecule has 1 heterocycles. The molecule has 1 fully saturated rings. The third-order valence-electron chi connectivity index (χ3n) is 4.82. The number of hydrogen-bond acceptors (Lipinski definition) is 4. The van der Waals surface area contributed by atoms with Crippen LogP contribution in [-0.4, -0.2) is 31.6 Å². The zero-order valence-corrected chi connectivity index (χ0v) is 15.5. The number of amides is 1. The summed E-state index contributed by atoms with van der Waals surface area (Å²) < 4.78 is 10.8. The standard InChI is InChI=1S/C22H22N2O3/c1-26-18-10-11-19(21(14-18)27-2)20-8-5-13-24(20)22(25)12-9-16-6-3-4-7-17(16)15-23/h3-4,6-7,9-12,14,20H,5,8,13H2,1-2H3/b12-9+/t20-/m1/s1. The van der Waals surface area contributed by atoms with Gasteiger partial charge >= 0.3 is 0 Å². The molecule has 1 atom stereocenters. The maximum absolute atomic E-state index is 12.8. The van der Waals surface area contributed by atoms with Gasteiger partial charge in [-0.05, 0) is 42.7 Å². The van der Waals surface area contributed by atoms with Gasteiger partial charge in [0, 0.05) is 24.3 Å². The lowest BCUT2D eigenvalue weighted by Crippen LogP contribution is -2.29. The number of nitrogens with zero attached hydrogens (tertiary/aromatic N) is 2. The average Bonchev–Trinajstić information content (AvgIpc) is 3.21. The Labute approximate surface area is 159 Å². The number of carbonyl (C=O) groups excluding carboxylic acids is 1. The van der Waals surface area contributed by atoms with E-state index in [1.807, 2.05) is 41.3 Å². The largest absolute Gasteiger partial charge is 0.497 e. The van der Waals surface area contributed by atoms with E-state index in [2.05, 4.69) is 6.07 Å². The van der Waals surface area contributed by atoms with Gasteiger partial charge in [0.15, 0.2) is 0 Å². The zero-order chi connectivity index (χ0) is 19.2. The topological polar surface area (TPSA) is 62.6 Å². The number of nitriles is 1. The Bertz CT molecular complexity index is 899. The van der Waals surface area contributed by atoms with Crippen molar-refractivity contribution < 1.29 is 14.3 Å². The van der Waals surface area contributed by atoms with E-state index in [0.717, 1.165) is 35.5 Å². The summed E-state index contributed by atoms with van der Waals surface area (Å²) in [5, 5.41) is 9.18. The maximum atomic E-state index is 12.8. The van der Waals surface area contributed by atoms with Crippen LogP contribution in [-0.2, 0) is 4.79 Å². The molecule has 0 unspecified atom stereocenters. The Hall–Kier alpha value is -3.26. The van der Waals surface area contributed by atoms with Gasteiger partial charge in [-0.25, -0.2) is 0 Å². The van der Waals surface area contributed by atoms with E-state index in [0.29, 0.717) is 12.1 Å². The fourth-order valence-electron chi connectivity index (χ4n) is 3.45. The van der Waals surface area contributed by atoms with E-state index in [1.165, 1.54) is 0 Å². The van der Waals surface area contributed by atoms with Crippen molar-refractivity contribution >= 4 is 12.0 Å². The lowest BCUT2D eigenvalue weighted by atomic mass is 10.0. The lowest BCUT2D eigenvalue weighted by molar-refractivity contribution is -0.126.